The van der Waals surface area contributed by atoms with Gasteiger partial charge in [-0.05, 0) is 78.6 Å². The van der Waals surface area contributed by atoms with Crippen molar-refractivity contribution in [2.24, 2.45) is 5.92 Å². The number of allylic oxidation sites excluding steroid dienone is 7. The van der Waals surface area contributed by atoms with Gasteiger partial charge in [-0.2, -0.15) is 0 Å². The minimum atomic E-state index is -0.826. The number of piperidine rings is 1. The van der Waals surface area contributed by atoms with E-state index in [1.807, 2.05) is 54.6 Å². The van der Waals surface area contributed by atoms with Crippen molar-refractivity contribution in [3.63, 3.8) is 0 Å². The molecule has 4 aliphatic rings. The molecule has 2 N–H and O–H groups in total. The number of likely N-dealkylation sites (tertiary alicyclic amines) is 1. The maximum atomic E-state index is 12.2. The molecule has 0 saturated carbocycles. The zero-order valence-corrected chi connectivity index (χ0v) is 23.3. The van der Waals surface area contributed by atoms with Gasteiger partial charge in [0.05, 0.1) is 10.5 Å². The molecule has 4 heterocycles. The fourth-order valence-electron chi connectivity index (χ4n) is 5.44. The Morgan fingerprint density at radius 2 is 2.00 bits per heavy atom. The first-order chi connectivity index (χ1) is 19.4. The van der Waals surface area contributed by atoms with Gasteiger partial charge in [0.1, 0.15) is 5.76 Å². The molecule has 1 atom stereocenters. The average Bonchev–Trinajstić information content (AvgIpc) is 3.17. The highest BCUT2D eigenvalue weighted by Gasteiger charge is 2.34. The molecule has 2 amide bonds. The van der Waals surface area contributed by atoms with Crippen molar-refractivity contribution in [1.82, 2.24) is 15.2 Å². The van der Waals surface area contributed by atoms with Crippen molar-refractivity contribution < 1.29 is 19.4 Å². The van der Waals surface area contributed by atoms with Crippen LogP contribution in [0.25, 0.3) is 5.57 Å². The van der Waals surface area contributed by atoms with Gasteiger partial charge >= 0.3 is 0 Å². The van der Waals surface area contributed by atoms with Crippen LogP contribution in [0.5, 0.6) is 5.88 Å². The number of amides is 2. The summed E-state index contributed by atoms with van der Waals surface area (Å²) < 4.78 is 6.24. The summed E-state index contributed by atoms with van der Waals surface area (Å²) >= 11 is 6.94. The van der Waals surface area contributed by atoms with Crippen LogP contribution in [0, 0.1) is 5.92 Å². The first-order valence-corrected chi connectivity index (χ1v) is 14.5. The maximum Gasteiger partial charge on any atom is 0.290 e. The summed E-state index contributed by atoms with van der Waals surface area (Å²) in [5.41, 5.74) is 2.89. The van der Waals surface area contributed by atoms with Crippen molar-refractivity contribution in [2.45, 2.75) is 24.9 Å². The van der Waals surface area contributed by atoms with Crippen LogP contribution < -0.4 is 10.1 Å². The zero-order chi connectivity index (χ0) is 27.7. The van der Waals surface area contributed by atoms with Crippen molar-refractivity contribution >= 4 is 40.1 Å². The second-order valence-electron chi connectivity index (χ2n) is 10.2. The molecule has 0 spiro atoms. The third-order valence-corrected chi connectivity index (χ3v) is 8.74. The molecule has 7 nitrogen and oxygen atoms in total. The number of benzene rings is 1. The lowest BCUT2D eigenvalue weighted by atomic mass is 9.84. The Hall–Kier alpha value is -3.43. The van der Waals surface area contributed by atoms with Crippen LogP contribution in [0.2, 0.25) is 5.02 Å². The highest BCUT2D eigenvalue weighted by atomic mass is 35.5. The van der Waals surface area contributed by atoms with Crippen molar-refractivity contribution in [3.05, 3.63) is 111 Å². The van der Waals surface area contributed by atoms with Crippen molar-refractivity contribution in [1.29, 1.82) is 0 Å². The van der Waals surface area contributed by atoms with Crippen molar-refractivity contribution in [2.75, 3.05) is 19.6 Å². The number of aromatic nitrogens is 1. The van der Waals surface area contributed by atoms with Gasteiger partial charge in [0.15, 0.2) is 0 Å². The quantitative estimate of drug-likeness (QED) is 0.440. The number of aliphatic hydroxyl groups is 1. The highest BCUT2D eigenvalue weighted by Crippen LogP contribution is 2.40. The normalized spacial score (nSPS) is 24.1. The molecule has 1 aliphatic carbocycles. The van der Waals surface area contributed by atoms with Crippen molar-refractivity contribution in [3.8, 4) is 5.88 Å². The Balaban J connectivity index is 1.20. The molecule has 6 rings (SSSR count). The summed E-state index contributed by atoms with van der Waals surface area (Å²) in [6.07, 6.45) is 15.7. The molecule has 1 aromatic carbocycles. The highest BCUT2D eigenvalue weighted by molar-refractivity contribution is 8.18. The van der Waals surface area contributed by atoms with E-state index in [1.165, 1.54) is 0 Å². The van der Waals surface area contributed by atoms with Gasteiger partial charge in [-0.15, -0.1) is 0 Å². The molecule has 9 heteroatoms. The van der Waals surface area contributed by atoms with Gasteiger partial charge in [0.25, 0.3) is 11.1 Å². The van der Waals surface area contributed by atoms with Crippen LogP contribution in [0.1, 0.15) is 30.4 Å². The number of hydrogen-bond donors (Lipinski definition) is 2. The predicted molar refractivity (Wildman–Crippen MR) is 156 cm³/mol. The first kappa shape index (κ1) is 26.8. The Morgan fingerprint density at radius 3 is 2.75 bits per heavy atom. The molecule has 2 aromatic rings. The SMILES string of the molecule is O=C1NC(=O)C(=CC2C=CC=C3Oc4ncccc4C(=CCCN4CCC(O)(c5ccc(Cl)cc5)CC4)C=C32)S1. The molecule has 204 valence electrons. The lowest BCUT2D eigenvalue weighted by Crippen LogP contribution is -2.42. The molecule has 0 radical (unpaired) electrons. The number of rotatable bonds is 5. The lowest BCUT2D eigenvalue weighted by Gasteiger charge is -2.38. The number of thioether (sulfide) groups is 1. The molecule has 40 heavy (non-hydrogen) atoms. The van der Waals surface area contributed by atoms with Gasteiger partial charge < -0.3 is 14.7 Å². The van der Waals surface area contributed by atoms with Crippen LogP contribution in [0.3, 0.4) is 0 Å². The second-order valence-corrected chi connectivity index (χ2v) is 11.7. The number of ether oxygens (including phenoxy) is 1. The Labute approximate surface area is 242 Å². The average molecular weight is 574 g/mol. The van der Waals surface area contributed by atoms with Gasteiger partial charge in [-0.3, -0.25) is 14.9 Å². The molecular formula is C31H28ClN3O4S. The number of hydrogen-bond acceptors (Lipinski definition) is 7. The maximum absolute atomic E-state index is 12.2. The minimum Gasteiger partial charge on any atom is -0.438 e. The van der Waals surface area contributed by atoms with Crippen LogP contribution in [-0.4, -0.2) is 45.8 Å². The molecular weight excluding hydrogens is 546 g/mol. The van der Waals surface area contributed by atoms with Crippen LogP contribution in [-0.2, 0) is 10.4 Å². The number of imide groups is 1. The predicted octanol–water partition coefficient (Wildman–Crippen LogP) is 5.75. The smallest absolute Gasteiger partial charge is 0.290 e. The first-order valence-electron chi connectivity index (χ1n) is 13.3. The number of nitrogens with one attached hydrogen (secondary N) is 1. The minimum absolute atomic E-state index is 0.232. The number of fused-ring (bicyclic) bond motifs is 2. The third-order valence-electron chi connectivity index (χ3n) is 7.66. The summed E-state index contributed by atoms with van der Waals surface area (Å²) in [6.45, 7) is 2.46. The van der Waals surface area contributed by atoms with Crippen LogP contribution >= 0.6 is 23.4 Å². The van der Waals surface area contributed by atoms with Crippen LogP contribution in [0.15, 0.2) is 95.3 Å². The standard InChI is InChI=1S/C31H28ClN3O4S/c32-23-10-8-22(9-11-23)31(38)12-16-35(17-13-31)15-3-5-20-18-25-21(19-27-28(36)34-30(37)40-27)4-1-7-26(25)39-29-24(20)6-2-14-33-29/h1-2,4-11,14,18-19,21,38H,3,12-13,15-17H2,(H,34,36,37). The number of halogens is 1. The van der Waals surface area contributed by atoms with E-state index in [4.69, 9.17) is 16.3 Å². The molecule has 0 bridgehead atoms. The lowest BCUT2D eigenvalue weighted by molar-refractivity contribution is -0.115. The van der Waals surface area contributed by atoms with E-state index >= 15 is 0 Å². The summed E-state index contributed by atoms with van der Waals surface area (Å²) in [5.74, 6) is 0.589. The van der Waals surface area contributed by atoms with E-state index in [9.17, 15) is 14.7 Å². The van der Waals surface area contributed by atoms with E-state index in [1.54, 1.807) is 12.3 Å². The Bertz CT molecular complexity index is 1500. The van der Waals surface area contributed by atoms with E-state index in [0.29, 0.717) is 34.4 Å². The zero-order valence-electron chi connectivity index (χ0n) is 21.7. The molecule has 1 aromatic heterocycles. The van der Waals surface area contributed by atoms with E-state index < -0.39 is 5.60 Å². The van der Waals surface area contributed by atoms with E-state index in [-0.39, 0.29) is 17.1 Å². The molecule has 3 aliphatic heterocycles. The number of carbonyl (C=O) groups excluding carboxylic acids is 2. The van der Waals surface area contributed by atoms with E-state index in [2.05, 4.69) is 27.4 Å². The topological polar surface area (TPSA) is 91.8 Å². The second kappa shape index (κ2) is 11.2. The number of nitrogens with zero attached hydrogens (tertiary/aromatic N) is 2. The fraction of sp³-hybridized carbons (Fsp3) is 0.258. The summed E-state index contributed by atoms with van der Waals surface area (Å²) in [4.78, 5) is 31.1. The van der Waals surface area contributed by atoms with Crippen LogP contribution in [0.4, 0.5) is 4.79 Å². The molecule has 2 saturated heterocycles. The van der Waals surface area contributed by atoms with Gasteiger partial charge in [0.2, 0.25) is 5.88 Å². The third kappa shape index (κ3) is 5.58. The van der Waals surface area contributed by atoms with Gasteiger partial charge in [-0.25, -0.2) is 4.98 Å². The summed E-state index contributed by atoms with van der Waals surface area (Å²) in [6, 6.07) is 11.4. The summed E-state index contributed by atoms with van der Waals surface area (Å²) in [5, 5.41) is 13.8. The number of pyridine rings is 1. The van der Waals surface area contributed by atoms with Gasteiger partial charge in [-0.1, -0.05) is 48.0 Å². The molecule has 1 unspecified atom stereocenters. The largest absolute Gasteiger partial charge is 0.438 e. The summed E-state index contributed by atoms with van der Waals surface area (Å²) in [7, 11) is 0. The van der Waals surface area contributed by atoms with E-state index in [0.717, 1.165) is 60.1 Å². The monoisotopic (exact) mass is 573 g/mol. The number of carbonyl (C=O) groups is 2. The fourth-order valence-corrected chi connectivity index (χ4v) is 6.27. The van der Waals surface area contributed by atoms with Gasteiger partial charge in [0, 0.05) is 47.9 Å². The molecule has 2 fully saturated rings. The Morgan fingerprint density at radius 1 is 1.20 bits per heavy atom. The Kier molecular flexibility index (Phi) is 7.51.